The van der Waals surface area contributed by atoms with Crippen LogP contribution in [-0.4, -0.2) is 46.9 Å². The molecule has 0 radical (unpaired) electrons. The Morgan fingerprint density at radius 1 is 0.462 bits per heavy atom. The lowest BCUT2D eigenvalue weighted by atomic mass is 10.0. The van der Waals surface area contributed by atoms with Gasteiger partial charge in [0.1, 0.15) is 6.10 Å². The van der Waals surface area contributed by atoms with Crippen molar-refractivity contribution in [3.05, 3.63) is 48.6 Å². The molecule has 65 heavy (non-hydrogen) atoms. The van der Waals surface area contributed by atoms with E-state index in [1.165, 1.54) is 154 Å². The molecule has 0 aliphatic carbocycles. The Kier molecular flexibility index (Phi) is 51.0. The molecule has 0 rings (SSSR count). The Bertz CT molecular complexity index is 1110. The summed E-state index contributed by atoms with van der Waals surface area (Å²) in [7, 11) is 0. The van der Waals surface area contributed by atoms with E-state index in [9.17, 15) is 19.8 Å². The molecule has 0 fully saturated rings. The molecule has 0 aromatic heterocycles. The van der Waals surface area contributed by atoms with Crippen LogP contribution in [0.1, 0.15) is 290 Å². The number of nitrogens with one attached hydrogen (secondary N) is 1. The fraction of sp³-hybridized carbons (Fsp3) is 0.831. The number of aliphatic hydroxyl groups excluding tert-OH is 2. The fourth-order valence-electron chi connectivity index (χ4n) is 8.62. The molecule has 3 atom stereocenters. The predicted octanol–water partition coefficient (Wildman–Crippen LogP) is 17.4. The molecule has 3 unspecified atom stereocenters. The second-order valence-corrected chi connectivity index (χ2v) is 19.3. The van der Waals surface area contributed by atoms with E-state index in [-0.39, 0.29) is 24.9 Å². The highest BCUT2D eigenvalue weighted by Crippen LogP contribution is 2.18. The SMILES string of the molecule is CC/C=C/C/C=C/CCCCCCCC(CC(=O)NC(CO)C(O)CCCCCCCCCCCCCCCCCCC)OC(=O)CCCCCCCCC/C=C\C/C=C\CCCCC. The van der Waals surface area contributed by atoms with Crippen molar-refractivity contribution in [1.29, 1.82) is 0 Å². The molecule has 0 aliphatic rings. The average molecular weight is 913 g/mol. The summed E-state index contributed by atoms with van der Waals surface area (Å²) in [6.45, 7) is 6.37. The summed E-state index contributed by atoms with van der Waals surface area (Å²) in [6, 6.07) is -0.708. The zero-order valence-electron chi connectivity index (χ0n) is 43.4. The molecule has 0 bridgehead atoms. The second kappa shape index (κ2) is 52.8. The lowest BCUT2D eigenvalue weighted by Crippen LogP contribution is -2.46. The third-order valence-electron chi connectivity index (χ3n) is 12.9. The van der Waals surface area contributed by atoms with Gasteiger partial charge in [-0.05, 0) is 83.5 Å². The maximum Gasteiger partial charge on any atom is 0.306 e. The van der Waals surface area contributed by atoms with Crippen LogP contribution in [0.5, 0.6) is 0 Å². The highest BCUT2D eigenvalue weighted by atomic mass is 16.5. The Morgan fingerprint density at radius 3 is 1.28 bits per heavy atom. The number of carbonyl (C=O) groups is 2. The van der Waals surface area contributed by atoms with Crippen LogP contribution < -0.4 is 5.32 Å². The van der Waals surface area contributed by atoms with Crippen LogP contribution in [0.4, 0.5) is 0 Å². The fourth-order valence-corrected chi connectivity index (χ4v) is 8.62. The van der Waals surface area contributed by atoms with Crippen molar-refractivity contribution in [2.45, 2.75) is 309 Å². The van der Waals surface area contributed by atoms with Crippen molar-refractivity contribution in [1.82, 2.24) is 5.32 Å². The van der Waals surface area contributed by atoms with E-state index in [1.807, 2.05) is 0 Å². The highest BCUT2D eigenvalue weighted by Gasteiger charge is 2.24. The van der Waals surface area contributed by atoms with Gasteiger partial charge in [-0.3, -0.25) is 9.59 Å². The quantitative estimate of drug-likeness (QED) is 0.0321. The van der Waals surface area contributed by atoms with Gasteiger partial charge in [-0.2, -0.15) is 0 Å². The minimum absolute atomic E-state index is 0.0658. The lowest BCUT2D eigenvalue weighted by Gasteiger charge is -2.24. The first-order valence-electron chi connectivity index (χ1n) is 28.4. The molecule has 0 aliphatic heterocycles. The largest absolute Gasteiger partial charge is 0.462 e. The van der Waals surface area contributed by atoms with E-state index in [4.69, 9.17) is 4.74 Å². The summed E-state index contributed by atoms with van der Waals surface area (Å²) in [6.07, 6.45) is 64.6. The number of aliphatic hydroxyl groups is 2. The zero-order valence-corrected chi connectivity index (χ0v) is 43.4. The molecule has 380 valence electrons. The van der Waals surface area contributed by atoms with Gasteiger partial charge in [0.25, 0.3) is 0 Å². The number of esters is 1. The summed E-state index contributed by atoms with van der Waals surface area (Å²) in [5, 5.41) is 23.9. The molecule has 1 amide bonds. The molecule has 0 aromatic carbocycles. The van der Waals surface area contributed by atoms with Gasteiger partial charge in [-0.1, -0.05) is 243 Å². The first-order chi connectivity index (χ1) is 32.0. The van der Waals surface area contributed by atoms with Gasteiger partial charge in [-0.15, -0.1) is 0 Å². The molecule has 0 spiro atoms. The molecular weight excluding hydrogens is 803 g/mol. The monoisotopic (exact) mass is 912 g/mol. The van der Waals surface area contributed by atoms with Gasteiger partial charge in [0.15, 0.2) is 0 Å². The second-order valence-electron chi connectivity index (χ2n) is 19.3. The Balaban J connectivity index is 4.49. The molecular formula is C59H109NO5. The van der Waals surface area contributed by atoms with E-state index in [2.05, 4.69) is 74.7 Å². The van der Waals surface area contributed by atoms with E-state index < -0.39 is 18.2 Å². The molecule has 0 heterocycles. The maximum atomic E-state index is 13.2. The summed E-state index contributed by atoms with van der Waals surface area (Å²) in [5.41, 5.74) is 0. The van der Waals surface area contributed by atoms with Crippen molar-refractivity contribution < 1.29 is 24.5 Å². The zero-order chi connectivity index (χ0) is 47.4. The predicted molar refractivity (Wildman–Crippen MR) is 282 cm³/mol. The lowest BCUT2D eigenvalue weighted by molar-refractivity contribution is -0.151. The van der Waals surface area contributed by atoms with Gasteiger partial charge in [0.05, 0.1) is 25.2 Å². The summed E-state index contributed by atoms with van der Waals surface area (Å²) in [5.74, 6) is -0.488. The molecule has 6 nitrogen and oxygen atoms in total. The standard InChI is InChI=1S/C59H109NO5/c1-4-7-10-13-16-19-22-25-27-29-31-33-36-39-42-45-48-51-57(62)56(54-61)60-58(63)53-55(50-47-44-41-38-35-24-21-18-15-12-9-6-3)65-59(64)52-49-46-43-40-37-34-32-30-28-26-23-20-17-14-11-8-5-2/h9,12,17-18,20-21,26,28,55-57,61-62H,4-8,10-11,13-16,19,22-25,27,29-54H2,1-3H3,(H,60,63)/b12-9+,20-17-,21-18+,28-26-. The van der Waals surface area contributed by atoms with Crippen LogP contribution >= 0.6 is 0 Å². The Morgan fingerprint density at radius 2 is 0.831 bits per heavy atom. The van der Waals surface area contributed by atoms with E-state index in [0.717, 1.165) is 89.9 Å². The number of ether oxygens (including phenoxy) is 1. The molecule has 6 heteroatoms. The first-order valence-corrected chi connectivity index (χ1v) is 28.4. The molecule has 0 saturated heterocycles. The van der Waals surface area contributed by atoms with Gasteiger partial charge in [0, 0.05) is 6.42 Å². The van der Waals surface area contributed by atoms with Crippen molar-refractivity contribution in [2.75, 3.05) is 6.61 Å². The molecule has 0 saturated carbocycles. The van der Waals surface area contributed by atoms with Crippen molar-refractivity contribution in [2.24, 2.45) is 0 Å². The van der Waals surface area contributed by atoms with Crippen LogP contribution in [-0.2, 0) is 14.3 Å². The van der Waals surface area contributed by atoms with Gasteiger partial charge >= 0.3 is 5.97 Å². The number of amides is 1. The summed E-state index contributed by atoms with van der Waals surface area (Å²) in [4.78, 5) is 26.2. The third kappa shape index (κ3) is 48.1. The van der Waals surface area contributed by atoms with Crippen LogP contribution in [0.15, 0.2) is 48.6 Å². The Labute approximate surface area is 404 Å². The third-order valence-corrected chi connectivity index (χ3v) is 12.9. The van der Waals surface area contributed by atoms with Crippen molar-refractivity contribution in [3.63, 3.8) is 0 Å². The topological polar surface area (TPSA) is 95.9 Å². The van der Waals surface area contributed by atoms with E-state index in [1.54, 1.807) is 0 Å². The van der Waals surface area contributed by atoms with Gasteiger partial charge in [0.2, 0.25) is 5.91 Å². The van der Waals surface area contributed by atoms with Crippen LogP contribution in [0.2, 0.25) is 0 Å². The van der Waals surface area contributed by atoms with E-state index >= 15 is 0 Å². The molecule has 0 aromatic rings. The van der Waals surface area contributed by atoms with Gasteiger partial charge < -0.3 is 20.3 Å². The normalized spacial score (nSPS) is 13.5. The number of hydrogen-bond acceptors (Lipinski definition) is 5. The number of unbranched alkanes of at least 4 members (excludes halogenated alkanes) is 31. The maximum absolute atomic E-state index is 13.2. The van der Waals surface area contributed by atoms with E-state index in [0.29, 0.717) is 19.3 Å². The van der Waals surface area contributed by atoms with Crippen LogP contribution in [0, 0.1) is 0 Å². The van der Waals surface area contributed by atoms with Crippen molar-refractivity contribution >= 4 is 11.9 Å². The number of rotatable bonds is 51. The smallest absolute Gasteiger partial charge is 0.306 e. The van der Waals surface area contributed by atoms with Gasteiger partial charge in [-0.25, -0.2) is 0 Å². The highest BCUT2D eigenvalue weighted by molar-refractivity contribution is 5.77. The summed E-state index contributed by atoms with van der Waals surface area (Å²) < 4.78 is 5.94. The minimum Gasteiger partial charge on any atom is -0.462 e. The minimum atomic E-state index is -0.793. The van der Waals surface area contributed by atoms with Crippen LogP contribution in [0.3, 0.4) is 0 Å². The number of hydrogen-bond donors (Lipinski definition) is 3. The summed E-state index contributed by atoms with van der Waals surface area (Å²) >= 11 is 0. The van der Waals surface area contributed by atoms with Crippen molar-refractivity contribution in [3.8, 4) is 0 Å². The number of carbonyl (C=O) groups excluding carboxylic acids is 2. The average Bonchev–Trinajstić information content (AvgIpc) is 3.30. The Hall–Kier alpha value is -2.18. The van der Waals surface area contributed by atoms with Crippen LogP contribution in [0.25, 0.3) is 0 Å². The first kappa shape index (κ1) is 62.8. The number of allylic oxidation sites excluding steroid dienone is 8. The molecule has 3 N–H and O–H groups in total.